The molecule has 0 saturated heterocycles. The molecular weight excluding hydrogens is 274 g/mol. The highest BCUT2D eigenvalue weighted by Crippen LogP contribution is 2.05. The van der Waals surface area contributed by atoms with Gasteiger partial charge >= 0.3 is 5.97 Å². The molecule has 6 nitrogen and oxygen atoms in total. The predicted octanol–water partition coefficient (Wildman–Crippen LogP) is 1.44. The van der Waals surface area contributed by atoms with Crippen LogP contribution in [0.3, 0.4) is 0 Å². The maximum absolute atomic E-state index is 11.8. The van der Waals surface area contributed by atoms with Crippen molar-refractivity contribution in [1.29, 1.82) is 0 Å². The topological polar surface area (TPSA) is 84.9 Å². The maximum Gasteiger partial charge on any atom is 0.335 e. The first kappa shape index (κ1) is 17.1. The van der Waals surface area contributed by atoms with Crippen molar-refractivity contribution >= 4 is 11.9 Å². The first-order chi connectivity index (χ1) is 10.0. The van der Waals surface area contributed by atoms with Gasteiger partial charge in [0.15, 0.2) is 0 Å². The van der Waals surface area contributed by atoms with Crippen molar-refractivity contribution in [1.82, 2.24) is 5.32 Å². The van der Waals surface area contributed by atoms with Crippen LogP contribution in [0.1, 0.15) is 29.8 Å². The molecule has 1 rings (SSSR count). The summed E-state index contributed by atoms with van der Waals surface area (Å²) in [5.41, 5.74) is 0.924. The van der Waals surface area contributed by atoms with Gasteiger partial charge in [0.25, 0.3) is 0 Å². The molecule has 1 aromatic rings. The van der Waals surface area contributed by atoms with Crippen molar-refractivity contribution in [3.8, 4) is 0 Å². The minimum atomic E-state index is -0.990. The molecular formula is C15H21NO5. The average molecular weight is 295 g/mol. The molecule has 0 bridgehead atoms. The maximum atomic E-state index is 11.8. The molecule has 6 heteroatoms. The molecule has 0 aliphatic carbocycles. The lowest BCUT2D eigenvalue weighted by molar-refractivity contribution is -0.132. The summed E-state index contributed by atoms with van der Waals surface area (Å²) < 4.78 is 10.4. The van der Waals surface area contributed by atoms with Gasteiger partial charge in [0, 0.05) is 13.2 Å². The monoisotopic (exact) mass is 295 g/mol. The van der Waals surface area contributed by atoms with Crippen molar-refractivity contribution in [2.24, 2.45) is 0 Å². The van der Waals surface area contributed by atoms with Crippen LogP contribution < -0.4 is 5.32 Å². The van der Waals surface area contributed by atoms with Gasteiger partial charge in [-0.15, -0.1) is 0 Å². The smallest absolute Gasteiger partial charge is 0.335 e. The lowest BCUT2D eigenvalue weighted by atomic mass is 10.1. The van der Waals surface area contributed by atoms with Crippen LogP contribution in [-0.2, 0) is 20.8 Å². The highest BCUT2D eigenvalue weighted by molar-refractivity contribution is 5.87. The van der Waals surface area contributed by atoms with E-state index < -0.39 is 12.1 Å². The first-order valence-electron chi connectivity index (χ1n) is 6.84. The van der Waals surface area contributed by atoms with E-state index in [9.17, 15) is 9.59 Å². The summed E-state index contributed by atoms with van der Waals surface area (Å²) in [5.74, 6) is -1.23. The SMILES string of the molecule is CCOCCOC(C)C(=O)NCc1cccc(C(=O)O)c1. The largest absolute Gasteiger partial charge is 0.478 e. The Morgan fingerprint density at radius 2 is 2.10 bits per heavy atom. The van der Waals surface area contributed by atoms with Gasteiger partial charge in [0.1, 0.15) is 6.10 Å². The minimum Gasteiger partial charge on any atom is -0.478 e. The molecule has 0 saturated carbocycles. The fourth-order valence-electron chi connectivity index (χ4n) is 1.65. The molecule has 1 amide bonds. The van der Waals surface area contributed by atoms with Crippen molar-refractivity contribution in [2.75, 3.05) is 19.8 Å². The molecule has 21 heavy (non-hydrogen) atoms. The number of carboxylic acid groups (broad SMARTS) is 1. The number of amides is 1. The Bertz CT molecular complexity index is 475. The highest BCUT2D eigenvalue weighted by Gasteiger charge is 2.13. The molecule has 1 aromatic carbocycles. The number of nitrogens with one attached hydrogen (secondary N) is 1. The van der Waals surface area contributed by atoms with Gasteiger partial charge in [-0.2, -0.15) is 0 Å². The van der Waals surface area contributed by atoms with Crippen molar-refractivity contribution in [3.05, 3.63) is 35.4 Å². The number of aromatic carboxylic acids is 1. The zero-order valence-corrected chi connectivity index (χ0v) is 12.3. The molecule has 0 heterocycles. The molecule has 1 atom stereocenters. The van der Waals surface area contributed by atoms with E-state index in [1.165, 1.54) is 12.1 Å². The molecule has 1 unspecified atom stereocenters. The standard InChI is InChI=1S/C15H21NO5/c1-3-20-7-8-21-11(2)14(17)16-10-12-5-4-6-13(9-12)15(18)19/h4-6,9,11H,3,7-8,10H2,1-2H3,(H,16,17)(H,18,19). The Labute approximate surface area is 124 Å². The summed E-state index contributed by atoms with van der Waals surface area (Å²) in [4.78, 5) is 22.7. The molecule has 2 N–H and O–H groups in total. The van der Waals surface area contributed by atoms with E-state index >= 15 is 0 Å². The van der Waals surface area contributed by atoms with Crippen molar-refractivity contribution < 1.29 is 24.2 Å². The summed E-state index contributed by atoms with van der Waals surface area (Å²) >= 11 is 0. The second-order valence-electron chi connectivity index (χ2n) is 4.43. The highest BCUT2D eigenvalue weighted by atomic mass is 16.5. The normalized spacial score (nSPS) is 11.9. The molecule has 116 valence electrons. The van der Waals surface area contributed by atoms with Gasteiger partial charge in [-0.1, -0.05) is 12.1 Å². The fourth-order valence-corrected chi connectivity index (χ4v) is 1.65. The fraction of sp³-hybridized carbons (Fsp3) is 0.467. The Morgan fingerprint density at radius 3 is 2.76 bits per heavy atom. The number of carbonyl (C=O) groups is 2. The quantitative estimate of drug-likeness (QED) is 0.673. The second-order valence-corrected chi connectivity index (χ2v) is 4.43. The van der Waals surface area contributed by atoms with Crippen LogP contribution in [0.25, 0.3) is 0 Å². The van der Waals surface area contributed by atoms with Crippen molar-refractivity contribution in [3.63, 3.8) is 0 Å². The zero-order chi connectivity index (χ0) is 15.7. The lowest BCUT2D eigenvalue weighted by Gasteiger charge is -2.13. The van der Waals surface area contributed by atoms with E-state index in [0.717, 1.165) is 5.56 Å². The molecule has 0 radical (unpaired) electrons. The number of rotatable bonds is 9. The van der Waals surface area contributed by atoms with Gasteiger partial charge in [0.05, 0.1) is 18.8 Å². The van der Waals surface area contributed by atoms with Crippen LogP contribution in [0.5, 0.6) is 0 Å². The van der Waals surface area contributed by atoms with E-state index in [1.807, 2.05) is 6.92 Å². The van der Waals surface area contributed by atoms with E-state index in [0.29, 0.717) is 19.8 Å². The van der Waals surface area contributed by atoms with Crippen LogP contribution in [0.4, 0.5) is 0 Å². The Balaban J connectivity index is 2.38. The van der Waals surface area contributed by atoms with Gasteiger partial charge in [-0.25, -0.2) is 4.79 Å². The minimum absolute atomic E-state index is 0.197. The van der Waals surface area contributed by atoms with Gasteiger partial charge in [-0.05, 0) is 31.5 Å². The number of ether oxygens (including phenoxy) is 2. The van der Waals surface area contributed by atoms with Crippen LogP contribution in [0.2, 0.25) is 0 Å². The van der Waals surface area contributed by atoms with Gasteiger partial charge in [0.2, 0.25) is 5.91 Å². The van der Waals surface area contributed by atoms with E-state index in [-0.39, 0.29) is 18.0 Å². The number of carbonyl (C=O) groups excluding carboxylic acids is 1. The summed E-state index contributed by atoms with van der Waals surface area (Å²) in [6.07, 6.45) is -0.576. The number of carboxylic acids is 1. The Hall–Kier alpha value is -1.92. The lowest BCUT2D eigenvalue weighted by Crippen LogP contribution is -2.34. The van der Waals surface area contributed by atoms with E-state index in [2.05, 4.69) is 5.32 Å². The third-order valence-corrected chi connectivity index (χ3v) is 2.81. The third-order valence-electron chi connectivity index (χ3n) is 2.81. The Kier molecular flexibility index (Phi) is 7.42. The van der Waals surface area contributed by atoms with Crippen LogP contribution >= 0.6 is 0 Å². The van der Waals surface area contributed by atoms with Crippen LogP contribution in [0.15, 0.2) is 24.3 Å². The van der Waals surface area contributed by atoms with Gasteiger partial charge < -0.3 is 19.9 Å². The first-order valence-corrected chi connectivity index (χ1v) is 6.84. The molecule has 0 aliphatic heterocycles. The number of hydrogen-bond acceptors (Lipinski definition) is 4. The second kappa shape index (κ2) is 9.10. The predicted molar refractivity (Wildman–Crippen MR) is 77.2 cm³/mol. The number of benzene rings is 1. The van der Waals surface area contributed by atoms with Crippen LogP contribution in [0, 0.1) is 0 Å². The summed E-state index contributed by atoms with van der Waals surface area (Å²) in [6.45, 7) is 5.24. The zero-order valence-electron chi connectivity index (χ0n) is 12.3. The summed E-state index contributed by atoms with van der Waals surface area (Å²) in [7, 11) is 0. The Morgan fingerprint density at radius 1 is 1.33 bits per heavy atom. The summed E-state index contributed by atoms with van der Waals surface area (Å²) in [5, 5.41) is 11.6. The average Bonchev–Trinajstić information content (AvgIpc) is 2.49. The summed E-state index contributed by atoms with van der Waals surface area (Å²) in [6, 6.07) is 6.44. The third kappa shape index (κ3) is 6.37. The van der Waals surface area contributed by atoms with Crippen LogP contribution in [-0.4, -0.2) is 42.9 Å². The molecule has 0 spiro atoms. The van der Waals surface area contributed by atoms with E-state index in [1.54, 1.807) is 19.1 Å². The van der Waals surface area contributed by atoms with Crippen molar-refractivity contribution in [2.45, 2.75) is 26.5 Å². The molecule has 0 aliphatic rings. The van der Waals surface area contributed by atoms with E-state index in [4.69, 9.17) is 14.6 Å². The number of hydrogen-bond donors (Lipinski definition) is 2. The molecule has 0 aromatic heterocycles. The van der Waals surface area contributed by atoms with Gasteiger partial charge in [-0.3, -0.25) is 4.79 Å². The molecule has 0 fully saturated rings.